The largest absolute Gasteiger partial charge is 0.480 e. The van der Waals surface area contributed by atoms with Crippen molar-refractivity contribution in [1.29, 1.82) is 0 Å². The zero-order valence-electron chi connectivity index (χ0n) is 14.7. The predicted molar refractivity (Wildman–Crippen MR) is 91.9 cm³/mol. The first kappa shape index (κ1) is 18.3. The Hall–Kier alpha value is -2.04. The first-order chi connectivity index (χ1) is 11.3. The number of carbonyl (C=O) groups is 2. The Morgan fingerprint density at radius 2 is 1.92 bits per heavy atom. The highest BCUT2D eigenvalue weighted by atomic mass is 16.6. The number of ether oxygens (including phenoxy) is 1. The second-order valence-corrected chi connectivity index (χ2v) is 7.38. The molecule has 0 radical (unpaired) electrons. The van der Waals surface area contributed by atoms with Crippen LogP contribution in [-0.2, 0) is 16.0 Å². The molecule has 1 amide bonds. The molecular weight excluding hydrogens is 306 g/mol. The van der Waals surface area contributed by atoms with Gasteiger partial charge in [-0.1, -0.05) is 30.3 Å². The molecule has 1 aromatic rings. The van der Waals surface area contributed by atoms with Crippen LogP contribution >= 0.6 is 0 Å². The fourth-order valence-corrected chi connectivity index (χ4v) is 3.23. The van der Waals surface area contributed by atoms with E-state index in [1.807, 2.05) is 30.3 Å². The predicted octanol–water partition coefficient (Wildman–Crippen LogP) is 3.72. The van der Waals surface area contributed by atoms with Crippen LogP contribution in [0.3, 0.4) is 0 Å². The maximum Gasteiger partial charge on any atom is 0.411 e. The highest BCUT2D eigenvalue weighted by molar-refractivity contribution is 5.80. The number of piperidine rings is 1. The Balaban J connectivity index is 2.07. The van der Waals surface area contributed by atoms with Crippen molar-refractivity contribution in [2.75, 3.05) is 6.54 Å². The van der Waals surface area contributed by atoms with Crippen molar-refractivity contribution in [2.45, 2.75) is 58.1 Å². The van der Waals surface area contributed by atoms with Crippen molar-refractivity contribution in [3.63, 3.8) is 0 Å². The van der Waals surface area contributed by atoms with E-state index in [0.717, 1.165) is 25.7 Å². The van der Waals surface area contributed by atoms with Gasteiger partial charge in [0.2, 0.25) is 0 Å². The fourth-order valence-electron chi connectivity index (χ4n) is 3.23. The Kier molecular flexibility index (Phi) is 5.86. The first-order valence-corrected chi connectivity index (χ1v) is 8.54. The van der Waals surface area contributed by atoms with Crippen LogP contribution in [-0.4, -0.2) is 40.3 Å². The van der Waals surface area contributed by atoms with Gasteiger partial charge in [0.15, 0.2) is 0 Å². The van der Waals surface area contributed by atoms with E-state index in [4.69, 9.17) is 4.74 Å². The van der Waals surface area contributed by atoms with E-state index in [1.165, 1.54) is 10.5 Å². The smallest absolute Gasteiger partial charge is 0.411 e. The van der Waals surface area contributed by atoms with Crippen LogP contribution in [0.25, 0.3) is 0 Å². The van der Waals surface area contributed by atoms with Crippen molar-refractivity contribution >= 4 is 12.1 Å². The first-order valence-electron chi connectivity index (χ1n) is 8.54. The average Bonchev–Trinajstić information content (AvgIpc) is 2.51. The highest BCUT2D eigenvalue weighted by Gasteiger charge is 2.40. The lowest BCUT2D eigenvalue weighted by atomic mass is 9.84. The van der Waals surface area contributed by atoms with Crippen LogP contribution in [0.5, 0.6) is 0 Å². The number of aryl methyl sites for hydroxylation is 1. The lowest BCUT2D eigenvalue weighted by Crippen LogP contribution is -2.53. The highest BCUT2D eigenvalue weighted by Crippen LogP contribution is 2.29. The summed E-state index contributed by atoms with van der Waals surface area (Å²) in [7, 11) is 0. The Morgan fingerprint density at radius 1 is 1.25 bits per heavy atom. The minimum atomic E-state index is -0.946. The van der Waals surface area contributed by atoms with Gasteiger partial charge in [-0.2, -0.15) is 0 Å². The Bertz CT molecular complexity index is 564. The summed E-state index contributed by atoms with van der Waals surface area (Å²) in [6.07, 6.45) is 2.67. The van der Waals surface area contributed by atoms with Gasteiger partial charge in [-0.15, -0.1) is 0 Å². The molecule has 2 unspecified atom stereocenters. The maximum atomic E-state index is 12.4. The summed E-state index contributed by atoms with van der Waals surface area (Å²) in [5.74, 6) is -0.998. The Morgan fingerprint density at radius 3 is 2.50 bits per heavy atom. The summed E-state index contributed by atoms with van der Waals surface area (Å²) in [5.41, 5.74) is 0.563. The van der Waals surface area contributed by atoms with Crippen LogP contribution in [0.15, 0.2) is 30.3 Å². The number of carboxylic acid groups (broad SMARTS) is 1. The Labute approximate surface area is 143 Å². The topological polar surface area (TPSA) is 66.8 Å². The summed E-state index contributed by atoms with van der Waals surface area (Å²) in [4.78, 5) is 25.6. The zero-order chi connectivity index (χ0) is 17.7. The van der Waals surface area contributed by atoms with Crippen LogP contribution in [0.2, 0.25) is 0 Å². The minimum absolute atomic E-state index is 0.0519. The van der Waals surface area contributed by atoms with Gasteiger partial charge < -0.3 is 9.84 Å². The van der Waals surface area contributed by atoms with Crippen molar-refractivity contribution in [2.24, 2.45) is 5.92 Å². The molecule has 2 atom stereocenters. The second kappa shape index (κ2) is 7.69. The molecule has 2 rings (SSSR count). The van der Waals surface area contributed by atoms with Gasteiger partial charge in [-0.3, -0.25) is 4.90 Å². The third kappa shape index (κ3) is 4.98. The summed E-state index contributed by atoms with van der Waals surface area (Å²) in [6.45, 7) is 5.81. The van der Waals surface area contributed by atoms with Gasteiger partial charge in [0.1, 0.15) is 11.6 Å². The normalized spacial score (nSPS) is 21.4. The maximum absolute atomic E-state index is 12.4. The molecule has 5 heteroatoms. The van der Waals surface area contributed by atoms with E-state index in [9.17, 15) is 14.7 Å². The lowest BCUT2D eigenvalue weighted by Gasteiger charge is -2.39. The number of carbonyl (C=O) groups excluding carboxylic acids is 1. The molecule has 1 aliphatic heterocycles. The molecule has 1 aliphatic rings. The average molecular weight is 333 g/mol. The number of aliphatic carboxylic acids is 1. The number of hydrogen-bond acceptors (Lipinski definition) is 3. The van der Waals surface area contributed by atoms with Crippen molar-refractivity contribution in [3.05, 3.63) is 35.9 Å². The molecule has 0 aromatic heterocycles. The van der Waals surface area contributed by atoms with Gasteiger partial charge in [-0.25, -0.2) is 9.59 Å². The van der Waals surface area contributed by atoms with Crippen molar-refractivity contribution in [3.8, 4) is 0 Å². The zero-order valence-corrected chi connectivity index (χ0v) is 14.7. The number of carboxylic acids is 1. The van der Waals surface area contributed by atoms with E-state index in [0.29, 0.717) is 6.54 Å². The van der Waals surface area contributed by atoms with Gasteiger partial charge in [0.25, 0.3) is 0 Å². The number of hydrogen-bond donors (Lipinski definition) is 1. The number of nitrogens with zero attached hydrogens (tertiary/aromatic N) is 1. The molecule has 0 saturated carbocycles. The molecule has 132 valence electrons. The number of likely N-dealkylation sites (tertiary alicyclic amines) is 1. The SMILES string of the molecule is CC(C)(C)OC(=O)N1CCCC(CCc2ccccc2)C1C(=O)O. The molecule has 1 N–H and O–H groups in total. The molecule has 1 aromatic carbocycles. The van der Waals surface area contributed by atoms with Crippen LogP contribution in [0.4, 0.5) is 4.79 Å². The molecule has 1 fully saturated rings. The van der Waals surface area contributed by atoms with E-state index in [1.54, 1.807) is 20.8 Å². The summed E-state index contributed by atoms with van der Waals surface area (Å²) in [6, 6.07) is 9.22. The monoisotopic (exact) mass is 333 g/mol. The van der Waals surface area contributed by atoms with Crippen molar-refractivity contribution in [1.82, 2.24) is 4.90 Å². The molecule has 0 spiro atoms. The van der Waals surface area contributed by atoms with E-state index >= 15 is 0 Å². The van der Waals surface area contributed by atoms with Crippen LogP contribution in [0, 0.1) is 5.92 Å². The van der Waals surface area contributed by atoms with E-state index in [-0.39, 0.29) is 5.92 Å². The molecule has 0 bridgehead atoms. The number of rotatable bonds is 4. The molecule has 0 aliphatic carbocycles. The van der Waals surface area contributed by atoms with Gasteiger partial charge >= 0.3 is 12.1 Å². The fraction of sp³-hybridized carbons (Fsp3) is 0.579. The van der Waals surface area contributed by atoms with Gasteiger partial charge in [0, 0.05) is 6.54 Å². The molecule has 5 nitrogen and oxygen atoms in total. The number of amides is 1. The van der Waals surface area contributed by atoms with Gasteiger partial charge in [0.05, 0.1) is 0 Å². The molecular formula is C19H27NO4. The number of benzene rings is 1. The standard InChI is InChI=1S/C19H27NO4/c1-19(2,3)24-18(23)20-13-7-10-15(16(20)17(21)22)12-11-14-8-5-4-6-9-14/h4-6,8-9,15-16H,7,10-13H2,1-3H3,(H,21,22). The van der Waals surface area contributed by atoms with Gasteiger partial charge in [-0.05, 0) is 57.9 Å². The quantitative estimate of drug-likeness (QED) is 0.912. The second-order valence-electron chi connectivity index (χ2n) is 7.38. The summed E-state index contributed by atoms with van der Waals surface area (Å²) in [5, 5.41) is 9.67. The minimum Gasteiger partial charge on any atom is -0.480 e. The van der Waals surface area contributed by atoms with E-state index in [2.05, 4.69) is 0 Å². The third-order valence-electron chi connectivity index (χ3n) is 4.28. The summed E-state index contributed by atoms with van der Waals surface area (Å²) < 4.78 is 5.39. The molecule has 24 heavy (non-hydrogen) atoms. The lowest BCUT2D eigenvalue weighted by molar-refractivity contribution is -0.147. The van der Waals surface area contributed by atoms with Crippen molar-refractivity contribution < 1.29 is 19.4 Å². The van der Waals surface area contributed by atoms with Crippen LogP contribution < -0.4 is 0 Å². The van der Waals surface area contributed by atoms with Crippen LogP contribution in [0.1, 0.15) is 45.6 Å². The van der Waals surface area contributed by atoms with E-state index < -0.39 is 23.7 Å². The molecule has 1 heterocycles. The summed E-state index contributed by atoms with van der Waals surface area (Å²) >= 11 is 0. The third-order valence-corrected chi connectivity index (χ3v) is 4.28. The molecule has 1 saturated heterocycles.